The van der Waals surface area contributed by atoms with Gasteiger partial charge in [0.2, 0.25) is 0 Å². The summed E-state index contributed by atoms with van der Waals surface area (Å²) in [6.45, 7) is 3.11. The highest BCUT2D eigenvalue weighted by Crippen LogP contribution is 2.47. The van der Waals surface area contributed by atoms with Gasteiger partial charge in [-0.05, 0) is 31.4 Å². The molecule has 142 valence electrons. The molecule has 6 rings (SSSR count). The number of anilines is 1. The van der Waals surface area contributed by atoms with Crippen molar-refractivity contribution in [1.29, 1.82) is 0 Å². The Bertz CT molecular complexity index is 1070. The van der Waals surface area contributed by atoms with Crippen molar-refractivity contribution in [2.45, 2.75) is 37.6 Å². The van der Waals surface area contributed by atoms with Gasteiger partial charge in [0, 0.05) is 11.8 Å². The highest BCUT2D eigenvalue weighted by Gasteiger charge is 2.63. The summed E-state index contributed by atoms with van der Waals surface area (Å²) in [6.07, 6.45) is 5.36. The van der Waals surface area contributed by atoms with Crippen molar-refractivity contribution in [3.05, 3.63) is 59.9 Å². The molecule has 3 aliphatic heterocycles. The van der Waals surface area contributed by atoms with Gasteiger partial charge in [-0.25, -0.2) is 4.98 Å². The second-order valence-electron chi connectivity index (χ2n) is 8.01. The predicted octanol–water partition coefficient (Wildman–Crippen LogP) is 2.32. The number of hydrogen-bond donors (Lipinski definition) is 0. The van der Waals surface area contributed by atoms with E-state index in [1.54, 1.807) is 6.20 Å². The summed E-state index contributed by atoms with van der Waals surface area (Å²) >= 11 is 0. The van der Waals surface area contributed by atoms with E-state index in [0.29, 0.717) is 13.1 Å². The number of amides is 1. The van der Waals surface area contributed by atoms with Gasteiger partial charge >= 0.3 is 0 Å². The molecule has 0 aliphatic carbocycles. The molecule has 0 bridgehead atoms. The summed E-state index contributed by atoms with van der Waals surface area (Å²) < 4.78 is 8.17. The lowest BCUT2D eigenvalue weighted by molar-refractivity contribution is -0.140. The molecular weight excluding hydrogens is 354 g/mol. The van der Waals surface area contributed by atoms with Crippen molar-refractivity contribution in [3.63, 3.8) is 0 Å². The van der Waals surface area contributed by atoms with Crippen LogP contribution in [0.1, 0.15) is 30.0 Å². The summed E-state index contributed by atoms with van der Waals surface area (Å²) in [5.41, 5.74) is 2.35. The number of ether oxygens (including phenoxy) is 1. The molecule has 0 unspecified atom stereocenters. The van der Waals surface area contributed by atoms with Crippen molar-refractivity contribution < 1.29 is 9.53 Å². The molecule has 28 heavy (non-hydrogen) atoms. The molecule has 0 radical (unpaired) electrons. The second-order valence-corrected chi connectivity index (χ2v) is 8.01. The standard InChI is InChI=1S/C21H21N5O2/c1-14-11-23-26-17(9-10-22-19(14)26)24-12-21(13-24)20(27)25-16(7-8-18(25)28-21)15-5-3-2-4-6-15/h2-6,9-11,16,18H,7-8,12-13H2,1H3/t16-,18+/m0/s1. The molecule has 0 N–H and O–H groups in total. The molecule has 0 saturated carbocycles. The summed E-state index contributed by atoms with van der Waals surface area (Å²) in [5.74, 6) is 1.08. The van der Waals surface area contributed by atoms with E-state index in [9.17, 15) is 4.79 Å². The van der Waals surface area contributed by atoms with Crippen molar-refractivity contribution in [1.82, 2.24) is 19.5 Å². The summed E-state index contributed by atoms with van der Waals surface area (Å²) in [5, 5.41) is 4.44. The van der Waals surface area contributed by atoms with Gasteiger partial charge in [-0.3, -0.25) is 4.79 Å². The third-order valence-corrected chi connectivity index (χ3v) is 6.28. The number of fused-ring (bicyclic) bond motifs is 2. The van der Waals surface area contributed by atoms with Gasteiger partial charge in [-0.2, -0.15) is 9.61 Å². The Morgan fingerprint density at radius 1 is 1.14 bits per heavy atom. The number of benzene rings is 1. The van der Waals surface area contributed by atoms with Crippen molar-refractivity contribution in [3.8, 4) is 0 Å². The third-order valence-electron chi connectivity index (χ3n) is 6.28. The second kappa shape index (κ2) is 5.54. The van der Waals surface area contributed by atoms with Crippen LogP contribution in [0.2, 0.25) is 0 Å². The average Bonchev–Trinajstić information content (AvgIpc) is 3.35. The number of hydrogen-bond acceptors (Lipinski definition) is 5. The zero-order chi connectivity index (χ0) is 18.9. The van der Waals surface area contributed by atoms with E-state index in [1.807, 2.05) is 46.8 Å². The van der Waals surface area contributed by atoms with E-state index < -0.39 is 5.60 Å². The Morgan fingerprint density at radius 2 is 1.96 bits per heavy atom. The van der Waals surface area contributed by atoms with Crippen LogP contribution in [0.15, 0.2) is 48.8 Å². The van der Waals surface area contributed by atoms with Gasteiger partial charge in [0.25, 0.3) is 5.91 Å². The van der Waals surface area contributed by atoms with Crippen LogP contribution in [0.5, 0.6) is 0 Å². The maximum atomic E-state index is 13.4. The van der Waals surface area contributed by atoms with Crippen LogP contribution < -0.4 is 4.90 Å². The molecule has 7 heteroatoms. The van der Waals surface area contributed by atoms with Gasteiger partial charge in [-0.1, -0.05) is 30.3 Å². The van der Waals surface area contributed by atoms with Crippen LogP contribution in [-0.2, 0) is 9.53 Å². The van der Waals surface area contributed by atoms with Crippen LogP contribution >= 0.6 is 0 Å². The fraction of sp³-hybridized carbons (Fsp3) is 0.381. The Morgan fingerprint density at radius 3 is 2.79 bits per heavy atom. The molecule has 1 aromatic carbocycles. The van der Waals surface area contributed by atoms with E-state index in [1.165, 1.54) is 5.56 Å². The molecule has 3 saturated heterocycles. The first kappa shape index (κ1) is 16.1. The van der Waals surface area contributed by atoms with E-state index in [-0.39, 0.29) is 18.2 Å². The first-order valence-electron chi connectivity index (χ1n) is 9.76. The van der Waals surface area contributed by atoms with Crippen LogP contribution in [0.25, 0.3) is 5.65 Å². The summed E-state index contributed by atoms with van der Waals surface area (Å²) in [7, 11) is 0. The average molecular weight is 375 g/mol. The highest BCUT2D eigenvalue weighted by atomic mass is 16.6. The van der Waals surface area contributed by atoms with Crippen LogP contribution in [-0.4, -0.2) is 50.3 Å². The number of nitrogens with zero attached hydrogens (tertiary/aromatic N) is 5. The predicted molar refractivity (Wildman–Crippen MR) is 103 cm³/mol. The lowest BCUT2D eigenvalue weighted by Crippen LogP contribution is -2.67. The van der Waals surface area contributed by atoms with Crippen molar-refractivity contribution >= 4 is 17.4 Å². The number of aromatic nitrogens is 3. The minimum atomic E-state index is -0.726. The van der Waals surface area contributed by atoms with Crippen LogP contribution in [0.3, 0.4) is 0 Å². The third kappa shape index (κ3) is 2.05. The molecule has 3 aliphatic rings. The minimum Gasteiger partial charge on any atom is -0.349 e. The Labute approximate surface area is 162 Å². The fourth-order valence-electron chi connectivity index (χ4n) is 4.89. The highest BCUT2D eigenvalue weighted by molar-refractivity contribution is 5.91. The van der Waals surface area contributed by atoms with Gasteiger partial charge < -0.3 is 14.5 Å². The van der Waals surface area contributed by atoms with Gasteiger partial charge in [0.05, 0.1) is 25.3 Å². The number of aryl methyl sites for hydroxylation is 1. The maximum absolute atomic E-state index is 13.4. The van der Waals surface area contributed by atoms with Crippen LogP contribution in [0, 0.1) is 6.92 Å². The monoisotopic (exact) mass is 375 g/mol. The maximum Gasteiger partial charge on any atom is 0.261 e. The fourth-order valence-corrected chi connectivity index (χ4v) is 4.89. The normalized spacial score (nSPS) is 25.5. The molecule has 2 atom stereocenters. The Hall–Kier alpha value is -2.93. The first-order valence-corrected chi connectivity index (χ1v) is 9.76. The quantitative estimate of drug-likeness (QED) is 0.688. The van der Waals surface area contributed by atoms with E-state index in [4.69, 9.17) is 4.74 Å². The molecule has 1 amide bonds. The molecule has 3 aromatic rings. The lowest BCUT2D eigenvalue weighted by atomic mass is 9.92. The zero-order valence-corrected chi connectivity index (χ0v) is 15.7. The van der Waals surface area contributed by atoms with E-state index >= 15 is 0 Å². The smallest absolute Gasteiger partial charge is 0.261 e. The summed E-state index contributed by atoms with van der Waals surface area (Å²) in [6, 6.07) is 12.3. The van der Waals surface area contributed by atoms with Crippen molar-refractivity contribution in [2.24, 2.45) is 0 Å². The van der Waals surface area contributed by atoms with Gasteiger partial charge in [0.15, 0.2) is 11.2 Å². The molecule has 7 nitrogen and oxygen atoms in total. The molecule has 1 spiro atoms. The van der Waals surface area contributed by atoms with E-state index in [0.717, 1.165) is 29.9 Å². The van der Waals surface area contributed by atoms with Crippen LogP contribution in [0.4, 0.5) is 5.82 Å². The Kier molecular flexibility index (Phi) is 3.18. The number of carbonyl (C=O) groups is 1. The number of rotatable bonds is 2. The van der Waals surface area contributed by atoms with Gasteiger partial charge in [0.1, 0.15) is 12.0 Å². The topological polar surface area (TPSA) is 63.0 Å². The molecule has 3 fully saturated rings. The van der Waals surface area contributed by atoms with Crippen molar-refractivity contribution in [2.75, 3.05) is 18.0 Å². The first-order chi connectivity index (χ1) is 13.7. The Balaban J connectivity index is 1.27. The van der Waals surface area contributed by atoms with Gasteiger partial charge in [-0.15, -0.1) is 0 Å². The molecular formula is C21H21N5O2. The molecule has 2 aromatic heterocycles. The minimum absolute atomic E-state index is 0.107. The zero-order valence-electron chi connectivity index (χ0n) is 15.7. The lowest BCUT2D eigenvalue weighted by Gasteiger charge is -2.46. The largest absolute Gasteiger partial charge is 0.349 e. The SMILES string of the molecule is Cc1cnn2c(N3CC4(C3)O[C@@H]3CC[C@@H](c5ccccc5)N3C4=O)ccnc12. The molecule has 5 heterocycles. The summed E-state index contributed by atoms with van der Waals surface area (Å²) in [4.78, 5) is 21.9. The van der Waals surface area contributed by atoms with E-state index in [2.05, 4.69) is 27.1 Å². The number of carbonyl (C=O) groups excluding carboxylic acids is 1.